The summed E-state index contributed by atoms with van der Waals surface area (Å²) in [6.45, 7) is 5.51. The number of hydrogen-bond acceptors (Lipinski definition) is 5. The van der Waals surface area contributed by atoms with Crippen molar-refractivity contribution in [2.45, 2.75) is 26.2 Å². The van der Waals surface area contributed by atoms with Crippen LogP contribution in [0.5, 0.6) is 5.75 Å². The molecule has 3 amide bonds. The van der Waals surface area contributed by atoms with Crippen LogP contribution in [-0.2, 0) is 4.79 Å². The Labute approximate surface area is 175 Å². The first-order valence-corrected chi connectivity index (χ1v) is 10.5. The number of amides is 3. The second-order valence-corrected chi connectivity index (χ2v) is 7.89. The Kier molecular flexibility index (Phi) is 5.92. The number of urea groups is 1. The lowest BCUT2D eigenvalue weighted by Crippen LogP contribution is -2.55. The van der Waals surface area contributed by atoms with Crippen molar-refractivity contribution in [1.29, 1.82) is 0 Å². The van der Waals surface area contributed by atoms with Gasteiger partial charge in [0.05, 0.1) is 0 Å². The summed E-state index contributed by atoms with van der Waals surface area (Å²) in [4.78, 5) is 42.2. The zero-order chi connectivity index (χ0) is 21.1. The van der Waals surface area contributed by atoms with Gasteiger partial charge in [0, 0.05) is 56.8 Å². The lowest BCUT2D eigenvalue weighted by atomic mass is 10.1. The fourth-order valence-corrected chi connectivity index (χ4v) is 4.06. The summed E-state index contributed by atoms with van der Waals surface area (Å²) >= 11 is 0. The SMILES string of the molecule is Cc1cc(=O)oc2cc(OCC(=O)N3CCN(C(=O)N4CCCCC4)CC3)ccc12. The number of aryl methyl sites for hydroxylation is 1. The predicted octanol–water partition coefficient (Wildman–Crippen LogP) is 2.23. The van der Waals surface area contributed by atoms with Gasteiger partial charge in [-0.05, 0) is 43.9 Å². The Morgan fingerprint density at radius 2 is 1.60 bits per heavy atom. The van der Waals surface area contributed by atoms with Crippen molar-refractivity contribution in [2.24, 2.45) is 0 Å². The molecule has 0 spiro atoms. The van der Waals surface area contributed by atoms with Crippen molar-refractivity contribution < 1.29 is 18.7 Å². The molecule has 0 unspecified atom stereocenters. The first-order chi connectivity index (χ1) is 14.5. The van der Waals surface area contributed by atoms with Crippen LogP contribution in [0.4, 0.5) is 4.79 Å². The summed E-state index contributed by atoms with van der Waals surface area (Å²) < 4.78 is 10.9. The fourth-order valence-electron chi connectivity index (χ4n) is 4.06. The molecule has 30 heavy (non-hydrogen) atoms. The smallest absolute Gasteiger partial charge is 0.336 e. The Morgan fingerprint density at radius 1 is 0.933 bits per heavy atom. The van der Waals surface area contributed by atoms with E-state index in [4.69, 9.17) is 9.15 Å². The second kappa shape index (κ2) is 8.77. The van der Waals surface area contributed by atoms with Gasteiger partial charge in [-0.1, -0.05) is 0 Å². The van der Waals surface area contributed by atoms with E-state index < -0.39 is 5.63 Å². The minimum atomic E-state index is -0.412. The number of benzene rings is 1. The molecular formula is C22H27N3O5. The molecule has 0 aliphatic carbocycles. The van der Waals surface area contributed by atoms with Crippen molar-refractivity contribution in [3.8, 4) is 5.75 Å². The molecule has 2 saturated heterocycles. The van der Waals surface area contributed by atoms with E-state index in [1.54, 1.807) is 17.0 Å². The van der Waals surface area contributed by atoms with E-state index in [-0.39, 0.29) is 18.5 Å². The molecular weight excluding hydrogens is 386 g/mol. The van der Waals surface area contributed by atoms with E-state index in [1.807, 2.05) is 22.8 Å². The zero-order valence-electron chi connectivity index (χ0n) is 17.3. The van der Waals surface area contributed by atoms with Gasteiger partial charge >= 0.3 is 11.7 Å². The van der Waals surface area contributed by atoms with Gasteiger partial charge < -0.3 is 23.9 Å². The van der Waals surface area contributed by atoms with E-state index >= 15 is 0 Å². The van der Waals surface area contributed by atoms with Crippen molar-refractivity contribution >= 4 is 22.9 Å². The number of carbonyl (C=O) groups is 2. The predicted molar refractivity (Wildman–Crippen MR) is 112 cm³/mol. The normalized spacial score (nSPS) is 17.3. The summed E-state index contributed by atoms with van der Waals surface area (Å²) in [7, 11) is 0. The number of nitrogens with zero attached hydrogens (tertiary/aromatic N) is 3. The Hall–Kier alpha value is -3.03. The lowest BCUT2D eigenvalue weighted by molar-refractivity contribution is -0.134. The molecule has 4 rings (SSSR count). The van der Waals surface area contributed by atoms with Crippen molar-refractivity contribution in [2.75, 3.05) is 45.9 Å². The molecule has 8 heteroatoms. The van der Waals surface area contributed by atoms with Crippen molar-refractivity contribution in [3.63, 3.8) is 0 Å². The van der Waals surface area contributed by atoms with Crippen LogP contribution in [0.2, 0.25) is 0 Å². The average molecular weight is 413 g/mol. The topological polar surface area (TPSA) is 83.3 Å². The highest BCUT2D eigenvalue weighted by Gasteiger charge is 2.28. The van der Waals surface area contributed by atoms with Crippen LogP contribution in [0, 0.1) is 6.92 Å². The number of piperazine rings is 1. The third-order valence-electron chi connectivity index (χ3n) is 5.81. The van der Waals surface area contributed by atoms with Crippen LogP contribution < -0.4 is 10.4 Å². The maximum atomic E-state index is 12.6. The first-order valence-electron chi connectivity index (χ1n) is 10.5. The van der Waals surface area contributed by atoms with Crippen LogP contribution in [0.3, 0.4) is 0 Å². The minimum Gasteiger partial charge on any atom is -0.484 e. The van der Waals surface area contributed by atoms with E-state index in [0.717, 1.165) is 36.9 Å². The standard InChI is InChI=1S/C22H27N3O5/c1-16-13-21(27)30-19-14-17(5-6-18(16)19)29-15-20(26)23-9-11-25(12-10-23)22(28)24-7-3-2-4-8-24/h5-6,13-14H,2-4,7-12,15H2,1H3. The number of piperidine rings is 1. The Balaban J connectivity index is 1.29. The van der Waals surface area contributed by atoms with Crippen LogP contribution in [0.25, 0.3) is 11.0 Å². The van der Waals surface area contributed by atoms with Gasteiger partial charge in [-0.2, -0.15) is 0 Å². The molecule has 1 aromatic carbocycles. The molecule has 3 heterocycles. The van der Waals surface area contributed by atoms with Crippen molar-refractivity contribution in [3.05, 3.63) is 40.2 Å². The highest BCUT2D eigenvalue weighted by atomic mass is 16.5. The summed E-state index contributed by atoms with van der Waals surface area (Å²) in [6, 6.07) is 6.75. The highest BCUT2D eigenvalue weighted by molar-refractivity contribution is 5.82. The van der Waals surface area contributed by atoms with Gasteiger partial charge in [0.2, 0.25) is 0 Å². The summed E-state index contributed by atoms with van der Waals surface area (Å²) in [6.07, 6.45) is 3.33. The van der Waals surface area contributed by atoms with E-state index in [1.165, 1.54) is 12.5 Å². The number of hydrogen-bond donors (Lipinski definition) is 0. The molecule has 0 N–H and O–H groups in total. The van der Waals surface area contributed by atoms with Crippen LogP contribution in [-0.4, -0.2) is 72.5 Å². The van der Waals surface area contributed by atoms with Crippen LogP contribution in [0.15, 0.2) is 33.5 Å². The van der Waals surface area contributed by atoms with E-state index in [9.17, 15) is 14.4 Å². The summed E-state index contributed by atoms with van der Waals surface area (Å²) in [5.74, 6) is 0.356. The molecule has 0 bridgehead atoms. The molecule has 2 aromatic rings. The Bertz CT molecular complexity index is 988. The van der Waals surface area contributed by atoms with Gasteiger partial charge in [-0.15, -0.1) is 0 Å². The third-order valence-corrected chi connectivity index (χ3v) is 5.81. The molecule has 2 aliphatic heterocycles. The molecule has 8 nitrogen and oxygen atoms in total. The van der Waals surface area contributed by atoms with Gasteiger partial charge in [-0.3, -0.25) is 4.79 Å². The van der Waals surface area contributed by atoms with Gasteiger partial charge in [0.15, 0.2) is 6.61 Å². The van der Waals surface area contributed by atoms with Gasteiger partial charge in [0.1, 0.15) is 11.3 Å². The molecule has 160 valence electrons. The highest BCUT2D eigenvalue weighted by Crippen LogP contribution is 2.22. The number of likely N-dealkylation sites (tertiary alicyclic amines) is 1. The first kappa shape index (κ1) is 20.3. The number of carbonyl (C=O) groups excluding carboxylic acids is 2. The molecule has 2 aliphatic rings. The van der Waals surface area contributed by atoms with Crippen LogP contribution >= 0.6 is 0 Å². The lowest BCUT2D eigenvalue weighted by Gasteiger charge is -2.38. The average Bonchev–Trinajstić information content (AvgIpc) is 2.77. The summed E-state index contributed by atoms with van der Waals surface area (Å²) in [5, 5.41) is 0.836. The number of rotatable bonds is 3. The molecule has 0 radical (unpaired) electrons. The molecule has 0 atom stereocenters. The maximum absolute atomic E-state index is 12.6. The van der Waals surface area contributed by atoms with Gasteiger partial charge in [-0.25, -0.2) is 9.59 Å². The molecule has 2 fully saturated rings. The second-order valence-electron chi connectivity index (χ2n) is 7.89. The fraction of sp³-hybridized carbons (Fsp3) is 0.500. The van der Waals surface area contributed by atoms with E-state index in [0.29, 0.717) is 37.5 Å². The Morgan fingerprint density at radius 3 is 2.33 bits per heavy atom. The quantitative estimate of drug-likeness (QED) is 0.721. The van der Waals surface area contributed by atoms with Crippen molar-refractivity contribution in [1.82, 2.24) is 14.7 Å². The molecule has 1 aromatic heterocycles. The maximum Gasteiger partial charge on any atom is 0.336 e. The number of ether oxygens (including phenoxy) is 1. The van der Waals surface area contributed by atoms with Gasteiger partial charge in [0.25, 0.3) is 5.91 Å². The minimum absolute atomic E-state index is 0.0889. The summed E-state index contributed by atoms with van der Waals surface area (Å²) in [5.41, 5.74) is 0.862. The zero-order valence-corrected chi connectivity index (χ0v) is 17.3. The molecule has 0 saturated carbocycles. The third kappa shape index (κ3) is 4.42. The van der Waals surface area contributed by atoms with Crippen LogP contribution in [0.1, 0.15) is 24.8 Å². The monoisotopic (exact) mass is 413 g/mol. The number of fused-ring (bicyclic) bond motifs is 1. The van der Waals surface area contributed by atoms with E-state index in [2.05, 4.69) is 0 Å². The largest absolute Gasteiger partial charge is 0.484 e.